The van der Waals surface area contributed by atoms with E-state index in [1.807, 2.05) is 26.0 Å². The molecule has 0 atom stereocenters. The maximum atomic E-state index is 11.7. The van der Waals surface area contributed by atoms with Gasteiger partial charge in [0, 0.05) is 17.0 Å². The lowest BCUT2D eigenvalue weighted by Gasteiger charge is -2.07. The van der Waals surface area contributed by atoms with Crippen molar-refractivity contribution in [1.82, 2.24) is 15.5 Å². The van der Waals surface area contributed by atoms with E-state index >= 15 is 0 Å². The van der Waals surface area contributed by atoms with Crippen molar-refractivity contribution in [3.63, 3.8) is 0 Å². The largest absolute Gasteiger partial charge is 0.350 e. The van der Waals surface area contributed by atoms with Gasteiger partial charge in [-0.15, -0.1) is 0 Å². The summed E-state index contributed by atoms with van der Waals surface area (Å²) in [6, 6.07) is 5.63. The minimum atomic E-state index is -0.0481. The summed E-state index contributed by atoms with van der Waals surface area (Å²) >= 11 is 0. The Labute approximate surface area is 87.7 Å². The van der Waals surface area contributed by atoms with Gasteiger partial charge in [0.1, 0.15) is 0 Å². The van der Waals surface area contributed by atoms with Crippen molar-refractivity contribution >= 4 is 16.8 Å². The number of benzene rings is 1. The second-order valence-corrected chi connectivity index (χ2v) is 3.80. The summed E-state index contributed by atoms with van der Waals surface area (Å²) in [7, 11) is 0. The number of nitrogens with zero attached hydrogens (tertiary/aromatic N) is 1. The van der Waals surface area contributed by atoms with Gasteiger partial charge in [0.25, 0.3) is 5.91 Å². The highest BCUT2D eigenvalue weighted by atomic mass is 16.1. The van der Waals surface area contributed by atoms with E-state index in [-0.39, 0.29) is 11.9 Å². The number of hydrogen-bond donors (Lipinski definition) is 2. The topological polar surface area (TPSA) is 57.8 Å². The number of fused-ring (bicyclic) bond motifs is 1. The first-order chi connectivity index (χ1) is 7.16. The minimum Gasteiger partial charge on any atom is -0.350 e. The number of carbonyl (C=O) groups excluding carboxylic acids is 1. The van der Waals surface area contributed by atoms with E-state index in [0.29, 0.717) is 5.56 Å². The number of nitrogens with one attached hydrogen (secondary N) is 2. The summed E-state index contributed by atoms with van der Waals surface area (Å²) < 4.78 is 0. The monoisotopic (exact) mass is 203 g/mol. The molecule has 1 amide bonds. The number of rotatable bonds is 2. The Morgan fingerprint density at radius 3 is 3.00 bits per heavy atom. The molecule has 0 fully saturated rings. The van der Waals surface area contributed by atoms with Gasteiger partial charge in [-0.2, -0.15) is 5.10 Å². The molecule has 0 aliphatic heterocycles. The van der Waals surface area contributed by atoms with Crippen molar-refractivity contribution in [3.05, 3.63) is 30.0 Å². The van der Waals surface area contributed by atoms with Crippen molar-refractivity contribution in [3.8, 4) is 0 Å². The fourth-order valence-corrected chi connectivity index (χ4v) is 1.43. The number of carbonyl (C=O) groups is 1. The first-order valence-electron chi connectivity index (χ1n) is 4.91. The Morgan fingerprint density at radius 1 is 1.47 bits per heavy atom. The molecule has 0 aliphatic carbocycles. The molecule has 0 bridgehead atoms. The van der Waals surface area contributed by atoms with Crippen LogP contribution in [0.5, 0.6) is 0 Å². The van der Waals surface area contributed by atoms with E-state index in [1.165, 1.54) is 0 Å². The van der Waals surface area contributed by atoms with Crippen molar-refractivity contribution in [2.24, 2.45) is 0 Å². The Kier molecular flexibility index (Phi) is 2.41. The quantitative estimate of drug-likeness (QED) is 0.780. The normalized spacial score (nSPS) is 10.9. The molecule has 1 heterocycles. The Morgan fingerprint density at radius 2 is 2.27 bits per heavy atom. The third kappa shape index (κ3) is 1.98. The Balaban J connectivity index is 2.31. The van der Waals surface area contributed by atoms with Gasteiger partial charge >= 0.3 is 0 Å². The SMILES string of the molecule is CC(C)NC(=O)c1ccc2[nH]ncc2c1. The van der Waals surface area contributed by atoms with Crippen LogP contribution in [0.2, 0.25) is 0 Å². The molecule has 78 valence electrons. The van der Waals surface area contributed by atoms with E-state index in [1.54, 1.807) is 12.3 Å². The van der Waals surface area contributed by atoms with Crippen LogP contribution in [0.4, 0.5) is 0 Å². The molecule has 0 unspecified atom stereocenters. The summed E-state index contributed by atoms with van der Waals surface area (Å²) in [5.41, 5.74) is 1.61. The van der Waals surface area contributed by atoms with Crippen molar-refractivity contribution < 1.29 is 4.79 Å². The molecule has 2 rings (SSSR count). The van der Waals surface area contributed by atoms with Gasteiger partial charge in [-0.05, 0) is 32.0 Å². The number of aromatic nitrogens is 2. The summed E-state index contributed by atoms with van der Waals surface area (Å²) in [5, 5.41) is 10.5. The maximum Gasteiger partial charge on any atom is 0.251 e. The van der Waals surface area contributed by atoms with Crippen LogP contribution >= 0.6 is 0 Å². The van der Waals surface area contributed by atoms with Crippen molar-refractivity contribution in [1.29, 1.82) is 0 Å². The van der Waals surface area contributed by atoms with Crippen molar-refractivity contribution in [2.75, 3.05) is 0 Å². The molecule has 0 saturated heterocycles. The number of hydrogen-bond acceptors (Lipinski definition) is 2. The predicted octanol–water partition coefficient (Wildman–Crippen LogP) is 1.70. The highest BCUT2D eigenvalue weighted by Crippen LogP contribution is 2.12. The van der Waals surface area contributed by atoms with Gasteiger partial charge in [0.05, 0.1) is 11.7 Å². The fourth-order valence-electron chi connectivity index (χ4n) is 1.43. The van der Waals surface area contributed by atoms with Gasteiger partial charge in [-0.1, -0.05) is 0 Å². The lowest BCUT2D eigenvalue weighted by molar-refractivity contribution is 0.0943. The summed E-state index contributed by atoms with van der Waals surface area (Å²) in [6.07, 6.45) is 1.71. The highest BCUT2D eigenvalue weighted by molar-refractivity contribution is 5.97. The van der Waals surface area contributed by atoms with Crippen LogP contribution in [-0.2, 0) is 0 Å². The van der Waals surface area contributed by atoms with Crippen LogP contribution in [0, 0.1) is 0 Å². The van der Waals surface area contributed by atoms with Crippen LogP contribution in [0.15, 0.2) is 24.4 Å². The van der Waals surface area contributed by atoms with Gasteiger partial charge < -0.3 is 5.32 Å². The fraction of sp³-hybridized carbons (Fsp3) is 0.273. The van der Waals surface area contributed by atoms with Crippen LogP contribution in [-0.4, -0.2) is 22.1 Å². The van der Waals surface area contributed by atoms with Crippen LogP contribution < -0.4 is 5.32 Å². The number of amides is 1. The molecule has 0 aliphatic rings. The van der Waals surface area contributed by atoms with Crippen molar-refractivity contribution in [2.45, 2.75) is 19.9 Å². The number of H-pyrrole nitrogens is 1. The Bertz CT molecular complexity index is 487. The molecule has 0 saturated carbocycles. The smallest absolute Gasteiger partial charge is 0.251 e. The standard InChI is InChI=1S/C11H13N3O/c1-7(2)13-11(15)8-3-4-10-9(5-8)6-12-14-10/h3-7H,1-2H3,(H,12,14)(H,13,15). The molecule has 0 radical (unpaired) electrons. The Hall–Kier alpha value is -1.84. The molecule has 4 nitrogen and oxygen atoms in total. The summed E-state index contributed by atoms with van der Waals surface area (Å²) in [4.78, 5) is 11.7. The van der Waals surface area contributed by atoms with Gasteiger partial charge in [0.15, 0.2) is 0 Å². The minimum absolute atomic E-state index is 0.0481. The van der Waals surface area contributed by atoms with Crippen LogP contribution in [0.1, 0.15) is 24.2 Å². The van der Waals surface area contributed by atoms with E-state index in [9.17, 15) is 4.79 Å². The first kappa shape index (κ1) is 9.71. The van der Waals surface area contributed by atoms with E-state index in [2.05, 4.69) is 15.5 Å². The molecule has 4 heteroatoms. The lowest BCUT2D eigenvalue weighted by atomic mass is 10.1. The highest BCUT2D eigenvalue weighted by Gasteiger charge is 2.07. The van der Waals surface area contributed by atoms with E-state index in [0.717, 1.165) is 10.9 Å². The van der Waals surface area contributed by atoms with Gasteiger partial charge in [0.2, 0.25) is 0 Å². The molecule has 15 heavy (non-hydrogen) atoms. The zero-order chi connectivity index (χ0) is 10.8. The first-order valence-corrected chi connectivity index (χ1v) is 4.91. The molecule has 2 N–H and O–H groups in total. The second kappa shape index (κ2) is 3.73. The van der Waals surface area contributed by atoms with E-state index < -0.39 is 0 Å². The maximum absolute atomic E-state index is 11.7. The molecule has 0 spiro atoms. The summed E-state index contributed by atoms with van der Waals surface area (Å²) in [6.45, 7) is 3.88. The predicted molar refractivity (Wildman–Crippen MR) is 58.7 cm³/mol. The number of aromatic amines is 1. The van der Waals surface area contributed by atoms with Gasteiger partial charge in [-0.25, -0.2) is 0 Å². The zero-order valence-corrected chi connectivity index (χ0v) is 8.74. The average molecular weight is 203 g/mol. The second-order valence-electron chi connectivity index (χ2n) is 3.80. The molecule has 1 aromatic carbocycles. The van der Waals surface area contributed by atoms with E-state index in [4.69, 9.17) is 0 Å². The molecular formula is C11H13N3O. The summed E-state index contributed by atoms with van der Waals surface area (Å²) in [5.74, 6) is -0.0481. The third-order valence-electron chi connectivity index (χ3n) is 2.12. The third-order valence-corrected chi connectivity index (χ3v) is 2.12. The molecular weight excluding hydrogens is 190 g/mol. The molecule has 1 aromatic heterocycles. The lowest BCUT2D eigenvalue weighted by Crippen LogP contribution is -2.29. The average Bonchev–Trinajstić information content (AvgIpc) is 2.62. The zero-order valence-electron chi connectivity index (χ0n) is 8.74. The van der Waals surface area contributed by atoms with Crippen LogP contribution in [0.25, 0.3) is 10.9 Å². The molecule has 2 aromatic rings. The van der Waals surface area contributed by atoms with Crippen LogP contribution in [0.3, 0.4) is 0 Å². The van der Waals surface area contributed by atoms with Gasteiger partial charge in [-0.3, -0.25) is 9.89 Å².